The molecule has 2 amide bonds. The highest BCUT2D eigenvalue weighted by Crippen LogP contribution is 2.04. The van der Waals surface area contributed by atoms with Crippen molar-refractivity contribution >= 4 is 35.2 Å². The van der Waals surface area contributed by atoms with Gasteiger partial charge in [0.05, 0.1) is 13.0 Å². The molecule has 0 saturated heterocycles. The number of aryl methyl sites for hydroxylation is 1. The van der Waals surface area contributed by atoms with Gasteiger partial charge >= 0.3 is 0 Å². The third-order valence-corrected chi connectivity index (χ3v) is 2.94. The Morgan fingerprint density at radius 3 is 2.57 bits per heavy atom. The van der Waals surface area contributed by atoms with Gasteiger partial charge < -0.3 is 4.74 Å². The fourth-order valence-corrected chi connectivity index (χ4v) is 1.68. The predicted molar refractivity (Wildman–Crippen MR) is 93.3 cm³/mol. The molecular weight excluding hydrogens is 314 g/mol. The summed E-state index contributed by atoms with van der Waals surface area (Å²) < 4.78 is 5.06. The second-order valence-corrected chi connectivity index (χ2v) is 5.09. The molecule has 7 heteroatoms. The van der Waals surface area contributed by atoms with E-state index >= 15 is 0 Å². The number of ether oxygens (including phenoxy) is 1. The van der Waals surface area contributed by atoms with E-state index in [9.17, 15) is 9.59 Å². The second-order valence-electron chi connectivity index (χ2n) is 4.68. The quantitative estimate of drug-likeness (QED) is 0.317. The van der Waals surface area contributed by atoms with Crippen LogP contribution in [0.4, 0.5) is 0 Å². The topological polar surface area (TPSA) is 79.5 Å². The minimum absolute atomic E-state index is 0.0216. The molecule has 1 aromatic carbocycles. The number of nitrogens with one attached hydrogen (secondary N) is 3. The zero-order valence-electron chi connectivity index (χ0n) is 13.2. The third-order valence-electron chi connectivity index (χ3n) is 2.73. The molecule has 1 rings (SSSR count). The summed E-state index contributed by atoms with van der Waals surface area (Å²) in [5, 5.41) is 2.45. The van der Waals surface area contributed by atoms with Gasteiger partial charge in [-0.25, -0.2) is 0 Å². The average Bonchev–Trinajstić information content (AvgIpc) is 2.52. The van der Waals surface area contributed by atoms with Crippen LogP contribution in [0.15, 0.2) is 30.3 Å². The van der Waals surface area contributed by atoms with Crippen LogP contribution < -0.4 is 16.2 Å². The number of hydrogen-bond donors (Lipinski definition) is 3. The Kier molecular flexibility index (Phi) is 8.56. The number of carbonyl (C=O) groups is 2. The molecule has 0 bridgehead atoms. The van der Waals surface area contributed by atoms with Crippen LogP contribution in [-0.2, 0) is 14.3 Å². The molecular formula is C16H21N3O3S. The maximum Gasteiger partial charge on any atom is 0.250 e. The number of benzene rings is 1. The highest BCUT2D eigenvalue weighted by molar-refractivity contribution is 7.80. The van der Waals surface area contributed by atoms with Crippen LogP contribution in [-0.4, -0.2) is 30.1 Å². The smallest absolute Gasteiger partial charge is 0.250 e. The molecule has 0 saturated carbocycles. The van der Waals surface area contributed by atoms with E-state index in [0.717, 1.165) is 11.1 Å². The normalized spacial score (nSPS) is 10.3. The third kappa shape index (κ3) is 8.70. The fraction of sp³-hybridized carbons (Fsp3) is 0.312. The lowest BCUT2D eigenvalue weighted by Crippen LogP contribution is -2.48. The summed E-state index contributed by atoms with van der Waals surface area (Å²) in [4.78, 5) is 23.1. The van der Waals surface area contributed by atoms with Crippen LogP contribution in [0.3, 0.4) is 0 Å². The highest BCUT2D eigenvalue weighted by Gasteiger charge is 2.03. The van der Waals surface area contributed by atoms with Gasteiger partial charge in [0, 0.05) is 12.7 Å². The van der Waals surface area contributed by atoms with Crippen LogP contribution in [0.1, 0.15) is 24.5 Å². The molecule has 3 N–H and O–H groups in total. The van der Waals surface area contributed by atoms with Crippen molar-refractivity contribution in [1.29, 1.82) is 0 Å². The van der Waals surface area contributed by atoms with Crippen molar-refractivity contribution in [2.24, 2.45) is 0 Å². The van der Waals surface area contributed by atoms with E-state index in [0.29, 0.717) is 13.2 Å². The van der Waals surface area contributed by atoms with Gasteiger partial charge in [0.15, 0.2) is 5.11 Å². The molecule has 1 aromatic rings. The number of amides is 2. The van der Waals surface area contributed by atoms with Crippen molar-refractivity contribution in [3.05, 3.63) is 41.5 Å². The maximum absolute atomic E-state index is 11.7. The number of thiocarbonyl (C=S) groups is 1. The van der Waals surface area contributed by atoms with E-state index < -0.39 is 0 Å². The minimum Gasteiger partial charge on any atom is -0.381 e. The molecule has 0 radical (unpaired) electrons. The van der Waals surface area contributed by atoms with E-state index in [1.807, 2.05) is 38.1 Å². The van der Waals surface area contributed by atoms with Gasteiger partial charge in [-0.2, -0.15) is 0 Å². The first-order valence-electron chi connectivity index (χ1n) is 7.23. The van der Waals surface area contributed by atoms with Crippen LogP contribution in [0, 0.1) is 6.92 Å². The first kappa shape index (κ1) is 18.8. The molecule has 0 fully saturated rings. The summed E-state index contributed by atoms with van der Waals surface area (Å²) in [6.45, 7) is 4.74. The lowest BCUT2D eigenvalue weighted by Gasteiger charge is -2.09. The molecule has 0 aliphatic carbocycles. The molecule has 6 nitrogen and oxygen atoms in total. The van der Waals surface area contributed by atoms with Gasteiger partial charge in [0.1, 0.15) is 0 Å². The van der Waals surface area contributed by atoms with Gasteiger partial charge in [-0.05, 0) is 37.7 Å². The van der Waals surface area contributed by atoms with E-state index in [1.165, 1.54) is 6.08 Å². The monoisotopic (exact) mass is 335 g/mol. The van der Waals surface area contributed by atoms with Gasteiger partial charge in [0.25, 0.3) is 0 Å². The van der Waals surface area contributed by atoms with Crippen LogP contribution >= 0.6 is 12.2 Å². The van der Waals surface area contributed by atoms with E-state index in [1.54, 1.807) is 6.08 Å². The highest BCUT2D eigenvalue weighted by atomic mass is 32.1. The Morgan fingerprint density at radius 1 is 1.22 bits per heavy atom. The lowest BCUT2D eigenvalue weighted by atomic mass is 10.1. The van der Waals surface area contributed by atoms with Gasteiger partial charge in [-0.15, -0.1) is 0 Å². The fourth-order valence-electron chi connectivity index (χ4n) is 1.53. The SMILES string of the molecule is CCOCCC(=O)NNC(=S)NC(=O)/C=C/c1ccc(C)cc1. The first-order chi connectivity index (χ1) is 11.0. The minimum atomic E-state index is -0.383. The van der Waals surface area contributed by atoms with Crippen molar-refractivity contribution in [2.75, 3.05) is 13.2 Å². The number of hydrogen-bond acceptors (Lipinski definition) is 4. The van der Waals surface area contributed by atoms with Gasteiger partial charge in [0.2, 0.25) is 11.8 Å². The van der Waals surface area contributed by atoms with Crippen molar-refractivity contribution < 1.29 is 14.3 Å². The maximum atomic E-state index is 11.7. The first-order valence-corrected chi connectivity index (χ1v) is 7.64. The molecule has 0 atom stereocenters. The van der Waals surface area contributed by atoms with Crippen molar-refractivity contribution in [2.45, 2.75) is 20.3 Å². The van der Waals surface area contributed by atoms with E-state index in [2.05, 4.69) is 16.2 Å². The van der Waals surface area contributed by atoms with Gasteiger partial charge in [-0.1, -0.05) is 29.8 Å². The Hall–Kier alpha value is -2.25. The predicted octanol–water partition coefficient (Wildman–Crippen LogP) is 1.46. The van der Waals surface area contributed by atoms with Gasteiger partial charge in [-0.3, -0.25) is 25.8 Å². The molecule has 23 heavy (non-hydrogen) atoms. The number of hydrazine groups is 1. The zero-order chi connectivity index (χ0) is 17.1. The van der Waals surface area contributed by atoms with Crippen molar-refractivity contribution in [3.8, 4) is 0 Å². The summed E-state index contributed by atoms with van der Waals surface area (Å²) in [5.74, 6) is -0.656. The van der Waals surface area contributed by atoms with Crippen LogP contribution in [0.5, 0.6) is 0 Å². The van der Waals surface area contributed by atoms with Crippen LogP contribution in [0.25, 0.3) is 6.08 Å². The molecule has 124 valence electrons. The summed E-state index contributed by atoms with van der Waals surface area (Å²) in [6, 6.07) is 7.74. The largest absolute Gasteiger partial charge is 0.381 e. The average molecular weight is 335 g/mol. The second kappa shape index (κ2) is 10.5. The summed E-state index contributed by atoms with van der Waals surface area (Å²) in [5.41, 5.74) is 6.90. The Bertz CT molecular complexity index is 570. The summed E-state index contributed by atoms with van der Waals surface area (Å²) in [6.07, 6.45) is 3.26. The summed E-state index contributed by atoms with van der Waals surface area (Å²) >= 11 is 4.91. The Morgan fingerprint density at radius 2 is 1.91 bits per heavy atom. The standard InChI is InChI=1S/C16H21N3O3S/c1-3-22-11-10-15(21)18-19-16(23)17-14(20)9-8-13-6-4-12(2)5-7-13/h4-9H,3,10-11H2,1-2H3,(H,18,21)(H2,17,19,20,23)/b9-8+. The molecule has 0 spiro atoms. The molecule has 0 heterocycles. The molecule has 0 aromatic heterocycles. The zero-order valence-corrected chi connectivity index (χ0v) is 14.0. The number of carbonyl (C=O) groups excluding carboxylic acids is 2. The Labute approximate surface area is 141 Å². The molecule has 0 aliphatic heterocycles. The molecule has 0 aliphatic rings. The Balaban J connectivity index is 2.29. The van der Waals surface area contributed by atoms with Crippen molar-refractivity contribution in [1.82, 2.24) is 16.2 Å². The van der Waals surface area contributed by atoms with E-state index in [4.69, 9.17) is 17.0 Å². The van der Waals surface area contributed by atoms with Crippen molar-refractivity contribution in [3.63, 3.8) is 0 Å². The van der Waals surface area contributed by atoms with Crippen LogP contribution in [0.2, 0.25) is 0 Å². The molecule has 0 unspecified atom stereocenters. The summed E-state index contributed by atoms with van der Waals surface area (Å²) in [7, 11) is 0. The lowest BCUT2D eigenvalue weighted by molar-refractivity contribution is -0.123. The number of rotatable bonds is 6. The van der Waals surface area contributed by atoms with E-state index in [-0.39, 0.29) is 23.3 Å².